The topological polar surface area (TPSA) is 78.4 Å². The fourth-order valence-corrected chi connectivity index (χ4v) is 3.09. The number of benzene rings is 1. The minimum atomic E-state index is -0.116. The fraction of sp³-hybridized carbons (Fsp3) is 0.650. The number of hydrogen-bond donors (Lipinski definition) is 3. The van der Waals surface area contributed by atoms with E-state index in [4.69, 9.17) is 9.47 Å². The normalized spacial score (nSPS) is 15.6. The Labute approximate surface area is 185 Å². The van der Waals surface area contributed by atoms with E-state index in [1.165, 1.54) is 0 Å². The molecule has 0 spiro atoms. The molecule has 0 amide bonds. The maximum Gasteiger partial charge on any atom is 0.195 e. The predicted octanol–water partition coefficient (Wildman–Crippen LogP) is 2.94. The molecule has 3 N–H and O–H groups in total. The van der Waals surface area contributed by atoms with Gasteiger partial charge in [0.25, 0.3) is 0 Å². The number of hydrogen-bond acceptors (Lipinski definition) is 5. The molecule has 1 aliphatic rings. The quantitative estimate of drug-likeness (QED) is 0.207. The van der Waals surface area contributed by atoms with Crippen molar-refractivity contribution in [3.63, 3.8) is 0 Å². The molecule has 1 aromatic rings. The Kier molecular flexibility index (Phi) is 12.2. The number of aliphatic hydroxyl groups excluding tert-OH is 1. The smallest absolute Gasteiger partial charge is 0.195 e. The van der Waals surface area contributed by atoms with Crippen molar-refractivity contribution < 1.29 is 14.6 Å². The zero-order valence-corrected chi connectivity index (χ0v) is 19.6. The van der Waals surface area contributed by atoms with Crippen molar-refractivity contribution in [1.82, 2.24) is 10.2 Å². The van der Waals surface area contributed by atoms with Gasteiger partial charge in [-0.15, -0.1) is 24.0 Å². The molecule has 0 unspecified atom stereocenters. The number of anilines is 1. The van der Waals surface area contributed by atoms with E-state index in [9.17, 15) is 5.11 Å². The van der Waals surface area contributed by atoms with Crippen molar-refractivity contribution in [1.29, 1.82) is 0 Å². The molecule has 28 heavy (non-hydrogen) atoms. The van der Waals surface area contributed by atoms with Crippen LogP contribution in [0.25, 0.3) is 0 Å². The van der Waals surface area contributed by atoms with E-state index >= 15 is 0 Å². The van der Waals surface area contributed by atoms with E-state index in [-0.39, 0.29) is 30.1 Å². The third-order valence-corrected chi connectivity index (χ3v) is 4.53. The van der Waals surface area contributed by atoms with Gasteiger partial charge < -0.3 is 30.1 Å². The summed E-state index contributed by atoms with van der Waals surface area (Å²) in [4.78, 5) is 7.08. The molecule has 1 heterocycles. The van der Waals surface area contributed by atoms with Crippen LogP contribution in [-0.2, 0) is 0 Å². The van der Waals surface area contributed by atoms with Gasteiger partial charge in [0, 0.05) is 37.9 Å². The predicted molar refractivity (Wildman–Crippen MR) is 125 cm³/mol. The van der Waals surface area contributed by atoms with Crippen LogP contribution in [0.15, 0.2) is 23.2 Å². The number of guanidine groups is 1. The van der Waals surface area contributed by atoms with Gasteiger partial charge in [-0.05, 0) is 51.8 Å². The Balaban J connectivity index is 0.00000392. The van der Waals surface area contributed by atoms with Crippen LogP contribution in [-0.4, -0.2) is 68.5 Å². The lowest BCUT2D eigenvalue weighted by atomic mass is 10.1. The van der Waals surface area contributed by atoms with E-state index in [0.29, 0.717) is 12.4 Å². The zero-order chi connectivity index (χ0) is 19.5. The molecule has 1 aliphatic heterocycles. The average Bonchev–Trinajstić information content (AvgIpc) is 2.67. The van der Waals surface area contributed by atoms with Gasteiger partial charge in [0.05, 0.1) is 19.8 Å². The SMILES string of the molecule is CCNC(=NCCCN1CCC(O)CC1)Nc1ccc(OC)c(OCC)c1.I. The highest BCUT2D eigenvalue weighted by molar-refractivity contribution is 14.0. The van der Waals surface area contributed by atoms with Crippen LogP contribution in [0.2, 0.25) is 0 Å². The molecule has 0 atom stereocenters. The maximum atomic E-state index is 9.57. The lowest BCUT2D eigenvalue weighted by Crippen LogP contribution is -2.36. The van der Waals surface area contributed by atoms with Gasteiger partial charge >= 0.3 is 0 Å². The average molecular weight is 506 g/mol. The Morgan fingerprint density at radius 2 is 2.00 bits per heavy atom. The molecule has 0 bridgehead atoms. The molecule has 0 radical (unpaired) electrons. The first kappa shape index (κ1) is 24.8. The number of ether oxygens (including phenoxy) is 2. The summed E-state index contributed by atoms with van der Waals surface area (Å²) in [5.41, 5.74) is 0.906. The highest BCUT2D eigenvalue weighted by Crippen LogP contribution is 2.30. The molecule has 8 heteroatoms. The van der Waals surface area contributed by atoms with E-state index in [2.05, 4.69) is 27.4 Å². The number of rotatable bonds is 9. The van der Waals surface area contributed by atoms with Gasteiger partial charge in [-0.1, -0.05) is 0 Å². The van der Waals surface area contributed by atoms with Crippen LogP contribution in [0.4, 0.5) is 5.69 Å². The summed E-state index contributed by atoms with van der Waals surface area (Å²) in [6.45, 7) is 9.12. The van der Waals surface area contributed by atoms with Gasteiger partial charge in [-0.25, -0.2) is 0 Å². The summed E-state index contributed by atoms with van der Waals surface area (Å²) < 4.78 is 11.0. The third kappa shape index (κ3) is 8.40. The summed E-state index contributed by atoms with van der Waals surface area (Å²) in [5.74, 6) is 2.20. The maximum absolute atomic E-state index is 9.57. The number of aliphatic imine (C=N–C) groups is 1. The number of likely N-dealkylation sites (tertiary alicyclic amines) is 1. The van der Waals surface area contributed by atoms with Crippen LogP contribution in [0.1, 0.15) is 33.1 Å². The van der Waals surface area contributed by atoms with Crippen molar-refractivity contribution >= 4 is 35.6 Å². The molecule has 1 saturated heterocycles. The standard InChI is InChI=1S/C20H34N4O3.HI/c1-4-21-20(22-11-6-12-24-13-9-17(25)10-14-24)23-16-7-8-18(26-3)19(15-16)27-5-2;/h7-8,15,17,25H,4-6,9-14H2,1-3H3,(H2,21,22,23);1H. The molecular formula is C20H35IN4O3. The summed E-state index contributed by atoms with van der Waals surface area (Å²) in [6, 6.07) is 5.77. The molecule has 0 aliphatic carbocycles. The second-order valence-corrected chi connectivity index (χ2v) is 6.61. The Morgan fingerprint density at radius 3 is 2.64 bits per heavy atom. The van der Waals surface area contributed by atoms with Gasteiger partial charge in [0.1, 0.15) is 0 Å². The fourth-order valence-electron chi connectivity index (χ4n) is 3.09. The van der Waals surface area contributed by atoms with Crippen molar-refractivity contribution in [2.45, 2.75) is 39.2 Å². The second kappa shape index (κ2) is 13.8. The molecule has 2 rings (SSSR count). The highest BCUT2D eigenvalue weighted by atomic mass is 127. The lowest BCUT2D eigenvalue weighted by Gasteiger charge is -2.29. The zero-order valence-electron chi connectivity index (χ0n) is 17.2. The third-order valence-electron chi connectivity index (χ3n) is 4.53. The molecular weight excluding hydrogens is 471 g/mol. The Bertz CT molecular complexity index is 593. The number of nitrogens with one attached hydrogen (secondary N) is 2. The summed E-state index contributed by atoms with van der Waals surface area (Å²) in [7, 11) is 1.64. The number of aliphatic hydroxyl groups is 1. The van der Waals surface area contributed by atoms with Gasteiger partial charge in [-0.3, -0.25) is 4.99 Å². The first-order valence-corrected chi connectivity index (χ1v) is 9.92. The van der Waals surface area contributed by atoms with E-state index < -0.39 is 0 Å². The van der Waals surface area contributed by atoms with Crippen molar-refractivity contribution in [2.75, 3.05) is 51.8 Å². The van der Waals surface area contributed by atoms with Gasteiger partial charge in [-0.2, -0.15) is 0 Å². The second-order valence-electron chi connectivity index (χ2n) is 6.61. The van der Waals surface area contributed by atoms with Crippen LogP contribution in [0, 0.1) is 0 Å². The Hall–Kier alpha value is -1.26. The molecule has 0 saturated carbocycles. The first-order chi connectivity index (χ1) is 13.2. The molecule has 0 aromatic heterocycles. The minimum Gasteiger partial charge on any atom is -0.493 e. The number of methoxy groups -OCH3 is 1. The van der Waals surface area contributed by atoms with Crippen LogP contribution >= 0.6 is 24.0 Å². The first-order valence-electron chi connectivity index (χ1n) is 9.92. The van der Waals surface area contributed by atoms with E-state index in [1.807, 2.05) is 25.1 Å². The monoisotopic (exact) mass is 506 g/mol. The van der Waals surface area contributed by atoms with E-state index in [1.54, 1.807) is 7.11 Å². The Morgan fingerprint density at radius 1 is 1.25 bits per heavy atom. The van der Waals surface area contributed by atoms with Crippen LogP contribution in [0.3, 0.4) is 0 Å². The molecule has 1 aromatic carbocycles. The van der Waals surface area contributed by atoms with Gasteiger partial charge in [0.15, 0.2) is 17.5 Å². The molecule has 7 nitrogen and oxygen atoms in total. The summed E-state index contributed by atoms with van der Waals surface area (Å²) in [6.07, 6.45) is 2.65. The molecule has 160 valence electrons. The highest BCUT2D eigenvalue weighted by Gasteiger charge is 2.16. The summed E-state index contributed by atoms with van der Waals surface area (Å²) >= 11 is 0. The minimum absolute atomic E-state index is 0. The van der Waals surface area contributed by atoms with Gasteiger partial charge in [0.2, 0.25) is 0 Å². The number of halogens is 1. The van der Waals surface area contributed by atoms with Crippen molar-refractivity contribution in [2.24, 2.45) is 4.99 Å². The van der Waals surface area contributed by atoms with Crippen LogP contribution in [0.5, 0.6) is 11.5 Å². The largest absolute Gasteiger partial charge is 0.493 e. The summed E-state index contributed by atoms with van der Waals surface area (Å²) in [5, 5.41) is 16.2. The van der Waals surface area contributed by atoms with Crippen molar-refractivity contribution in [3.8, 4) is 11.5 Å². The van der Waals surface area contributed by atoms with Crippen molar-refractivity contribution in [3.05, 3.63) is 18.2 Å². The van der Waals surface area contributed by atoms with E-state index in [0.717, 1.165) is 69.4 Å². The number of nitrogens with zero attached hydrogens (tertiary/aromatic N) is 2. The molecule has 1 fully saturated rings. The lowest BCUT2D eigenvalue weighted by molar-refractivity contribution is 0.0824. The number of piperidine rings is 1. The van der Waals surface area contributed by atoms with Crippen LogP contribution < -0.4 is 20.1 Å².